The van der Waals surface area contributed by atoms with Crippen molar-refractivity contribution in [3.05, 3.63) is 29.7 Å². The highest BCUT2D eigenvalue weighted by Gasteiger charge is 2.15. The van der Waals surface area contributed by atoms with Crippen LogP contribution in [-0.2, 0) is 13.6 Å². The highest BCUT2D eigenvalue weighted by atomic mass is 32.2. The van der Waals surface area contributed by atoms with Crippen molar-refractivity contribution in [2.45, 2.75) is 37.0 Å². The molecule has 0 saturated heterocycles. The predicted octanol–water partition coefficient (Wildman–Crippen LogP) is 2.17. The predicted molar refractivity (Wildman–Crippen MR) is 76.1 cm³/mol. The van der Waals surface area contributed by atoms with Crippen LogP contribution in [0.3, 0.4) is 0 Å². The van der Waals surface area contributed by atoms with E-state index in [1.807, 2.05) is 24.7 Å². The summed E-state index contributed by atoms with van der Waals surface area (Å²) in [6.45, 7) is 6.05. The standard InChI is InChI=1S/C13H19N5S/c1-4-6-14-9-11-10(2)17-18(3)12(11)19-13-15-7-5-8-16-13/h5,7-8,14H,4,6,9H2,1-3H3. The van der Waals surface area contributed by atoms with E-state index in [0.29, 0.717) is 0 Å². The summed E-state index contributed by atoms with van der Waals surface area (Å²) in [7, 11) is 1.96. The number of aromatic nitrogens is 4. The fourth-order valence-electron chi connectivity index (χ4n) is 1.83. The van der Waals surface area contributed by atoms with E-state index in [0.717, 1.165) is 35.4 Å². The van der Waals surface area contributed by atoms with Gasteiger partial charge in [0.05, 0.1) is 5.69 Å². The van der Waals surface area contributed by atoms with E-state index in [9.17, 15) is 0 Å². The first kappa shape index (κ1) is 14.0. The monoisotopic (exact) mass is 277 g/mol. The largest absolute Gasteiger partial charge is 0.313 e. The molecule has 0 aromatic carbocycles. The Morgan fingerprint density at radius 3 is 2.74 bits per heavy atom. The average molecular weight is 277 g/mol. The third kappa shape index (κ3) is 3.54. The average Bonchev–Trinajstić information content (AvgIpc) is 2.67. The second-order valence-corrected chi connectivity index (χ2v) is 5.26. The zero-order valence-electron chi connectivity index (χ0n) is 11.6. The highest BCUT2D eigenvalue weighted by Crippen LogP contribution is 2.28. The molecule has 0 atom stereocenters. The van der Waals surface area contributed by atoms with Gasteiger partial charge in [-0.3, -0.25) is 4.68 Å². The molecule has 0 radical (unpaired) electrons. The van der Waals surface area contributed by atoms with Gasteiger partial charge in [0, 0.05) is 31.5 Å². The van der Waals surface area contributed by atoms with Crippen LogP contribution in [0.25, 0.3) is 0 Å². The molecule has 2 heterocycles. The topological polar surface area (TPSA) is 55.6 Å². The van der Waals surface area contributed by atoms with Crippen LogP contribution in [0, 0.1) is 6.92 Å². The van der Waals surface area contributed by atoms with E-state index >= 15 is 0 Å². The molecule has 6 heteroatoms. The smallest absolute Gasteiger partial charge is 0.193 e. The van der Waals surface area contributed by atoms with E-state index in [2.05, 4.69) is 27.3 Å². The second kappa shape index (κ2) is 6.68. The first-order valence-corrected chi connectivity index (χ1v) is 7.22. The summed E-state index contributed by atoms with van der Waals surface area (Å²) in [5.41, 5.74) is 2.29. The van der Waals surface area contributed by atoms with Crippen LogP contribution in [0.15, 0.2) is 28.6 Å². The summed E-state index contributed by atoms with van der Waals surface area (Å²) in [4.78, 5) is 8.50. The maximum atomic E-state index is 4.49. The molecule has 0 aliphatic rings. The number of aryl methyl sites for hydroxylation is 2. The first-order chi connectivity index (χ1) is 9.22. The van der Waals surface area contributed by atoms with E-state index in [1.54, 1.807) is 24.2 Å². The van der Waals surface area contributed by atoms with Crippen LogP contribution in [0.5, 0.6) is 0 Å². The van der Waals surface area contributed by atoms with Crippen molar-refractivity contribution >= 4 is 11.8 Å². The SMILES string of the molecule is CCCNCc1c(C)nn(C)c1Sc1ncccn1. The molecule has 0 aliphatic carbocycles. The van der Waals surface area contributed by atoms with E-state index < -0.39 is 0 Å². The van der Waals surface area contributed by atoms with Crippen molar-refractivity contribution in [2.24, 2.45) is 7.05 Å². The molecule has 5 nitrogen and oxygen atoms in total. The Bertz CT molecular complexity index is 523. The van der Waals surface area contributed by atoms with Crippen molar-refractivity contribution in [2.75, 3.05) is 6.54 Å². The highest BCUT2D eigenvalue weighted by molar-refractivity contribution is 7.99. The van der Waals surface area contributed by atoms with Gasteiger partial charge < -0.3 is 5.32 Å². The molecule has 2 aromatic rings. The minimum atomic E-state index is 0.752. The first-order valence-electron chi connectivity index (χ1n) is 6.40. The maximum Gasteiger partial charge on any atom is 0.193 e. The normalized spacial score (nSPS) is 10.9. The molecule has 0 aliphatic heterocycles. The second-order valence-electron chi connectivity index (χ2n) is 4.30. The summed E-state index contributed by atoms with van der Waals surface area (Å²) in [5, 5.41) is 9.77. The van der Waals surface area contributed by atoms with Gasteiger partial charge in [-0.05, 0) is 37.7 Å². The van der Waals surface area contributed by atoms with Crippen molar-refractivity contribution < 1.29 is 0 Å². The lowest BCUT2D eigenvalue weighted by Crippen LogP contribution is -2.14. The Hall–Kier alpha value is -1.40. The Kier molecular flexibility index (Phi) is 4.93. The molecule has 2 rings (SSSR count). The van der Waals surface area contributed by atoms with Crippen molar-refractivity contribution in [3.63, 3.8) is 0 Å². The van der Waals surface area contributed by atoms with Crippen LogP contribution in [0.4, 0.5) is 0 Å². The minimum absolute atomic E-state index is 0.752. The Labute approximate surface area is 117 Å². The molecule has 0 amide bonds. The molecule has 0 spiro atoms. The molecule has 1 N–H and O–H groups in total. The molecule has 0 fully saturated rings. The summed E-state index contributed by atoms with van der Waals surface area (Å²) < 4.78 is 1.90. The lowest BCUT2D eigenvalue weighted by atomic mass is 10.2. The molecule has 0 bridgehead atoms. The fraction of sp³-hybridized carbons (Fsp3) is 0.462. The molecule has 19 heavy (non-hydrogen) atoms. The van der Waals surface area contributed by atoms with Crippen molar-refractivity contribution in [1.82, 2.24) is 25.1 Å². The van der Waals surface area contributed by atoms with Gasteiger partial charge in [0.15, 0.2) is 5.16 Å². The van der Waals surface area contributed by atoms with Gasteiger partial charge in [-0.25, -0.2) is 9.97 Å². The van der Waals surface area contributed by atoms with Gasteiger partial charge in [0.25, 0.3) is 0 Å². The molecular weight excluding hydrogens is 258 g/mol. The van der Waals surface area contributed by atoms with Crippen molar-refractivity contribution in [3.8, 4) is 0 Å². The van der Waals surface area contributed by atoms with E-state index in [4.69, 9.17) is 0 Å². The van der Waals surface area contributed by atoms with Gasteiger partial charge in [0.1, 0.15) is 5.03 Å². The van der Waals surface area contributed by atoms with Gasteiger partial charge in [-0.1, -0.05) is 6.92 Å². The van der Waals surface area contributed by atoms with E-state index in [1.165, 1.54) is 5.56 Å². The number of hydrogen-bond acceptors (Lipinski definition) is 5. The Morgan fingerprint density at radius 2 is 2.05 bits per heavy atom. The maximum absolute atomic E-state index is 4.49. The van der Waals surface area contributed by atoms with E-state index in [-0.39, 0.29) is 0 Å². The Morgan fingerprint density at radius 1 is 1.32 bits per heavy atom. The summed E-state index contributed by atoms with van der Waals surface area (Å²) in [6, 6.07) is 1.82. The quantitative estimate of drug-likeness (QED) is 0.648. The summed E-state index contributed by atoms with van der Waals surface area (Å²) in [6.07, 6.45) is 4.64. The third-order valence-electron chi connectivity index (χ3n) is 2.75. The zero-order valence-corrected chi connectivity index (χ0v) is 12.4. The molecule has 102 valence electrons. The van der Waals surface area contributed by atoms with Crippen LogP contribution >= 0.6 is 11.8 Å². The fourth-order valence-corrected chi connectivity index (χ4v) is 2.74. The zero-order chi connectivity index (χ0) is 13.7. The van der Waals surface area contributed by atoms with Crippen LogP contribution in [0.1, 0.15) is 24.6 Å². The van der Waals surface area contributed by atoms with Crippen molar-refractivity contribution in [1.29, 1.82) is 0 Å². The van der Waals surface area contributed by atoms with Gasteiger partial charge >= 0.3 is 0 Å². The summed E-state index contributed by atoms with van der Waals surface area (Å²) in [5.74, 6) is 0. The van der Waals surface area contributed by atoms with Gasteiger partial charge in [-0.2, -0.15) is 5.10 Å². The molecule has 0 unspecified atom stereocenters. The van der Waals surface area contributed by atoms with Crippen LogP contribution in [-0.4, -0.2) is 26.3 Å². The van der Waals surface area contributed by atoms with Crippen LogP contribution < -0.4 is 5.32 Å². The minimum Gasteiger partial charge on any atom is -0.313 e. The number of rotatable bonds is 6. The molecule has 0 saturated carbocycles. The lowest BCUT2D eigenvalue weighted by Gasteiger charge is -2.06. The number of hydrogen-bond donors (Lipinski definition) is 1. The lowest BCUT2D eigenvalue weighted by molar-refractivity contribution is 0.652. The van der Waals surface area contributed by atoms with Gasteiger partial charge in [-0.15, -0.1) is 0 Å². The Balaban J connectivity index is 2.19. The third-order valence-corrected chi connectivity index (χ3v) is 3.84. The molecule has 2 aromatic heterocycles. The summed E-state index contributed by atoms with van der Waals surface area (Å²) >= 11 is 1.56. The van der Waals surface area contributed by atoms with Crippen LogP contribution in [0.2, 0.25) is 0 Å². The van der Waals surface area contributed by atoms with Gasteiger partial charge in [0.2, 0.25) is 0 Å². The molecular formula is C13H19N5S. The number of nitrogens with zero attached hydrogens (tertiary/aromatic N) is 4. The number of nitrogens with one attached hydrogen (secondary N) is 1.